The number of aromatic nitrogens is 2. The van der Waals surface area contributed by atoms with Crippen LogP contribution in [0.4, 0.5) is 11.4 Å². The molecule has 0 saturated carbocycles. The van der Waals surface area contributed by atoms with E-state index in [4.69, 9.17) is 5.41 Å². The van der Waals surface area contributed by atoms with Gasteiger partial charge in [0, 0.05) is 57.3 Å². The first kappa shape index (κ1) is 24.7. The van der Waals surface area contributed by atoms with Gasteiger partial charge in [0.25, 0.3) is 0 Å². The third-order valence-corrected chi connectivity index (χ3v) is 6.55. The fourth-order valence-corrected chi connectivity index (χ4v) is 4.06. The topological polar surface area (TPSA) is 142 Å². The Morgan fingerprint density at radius 3 is 2.56 bits per heavy atom. The van der Waals surface area contributed by atoms with Gasteiger partial charge in [0.15, 0.2) is 11.4 Å². The van der Waals surface area contributed by atoms with E-state index in [9.17, 15) is 18.0 Å². The number of nitrogens with two attached hydrogens (primary N) is 1. The molecule has 11 heteroatoms. The molecule has 0 bridgehead atoms. The number of quaternary nitrogens is 1. The van der Waals surface area contributed by atoms with E-state index in [2.05, 4.69) is 10.4 Å². The van der Waals surface area contributed by atoms with E-state index in [1.807, 2.05) is 0 Å². The number of rotatable bonds is 8. The van der Waals surface area contributed by atoms with Crippen LogP contribution in [0, 0.1) is 5.41 Å². The van der Waals surface area contributed by atoms with Crippen LogP contribution in [0.5, 0.6) is 0 Å². The monoisotopic (exact) mass is 481 g/mol. The molecule has 3 rings (SSSR count). The Balaban J connectivity index is 2.02. The summed E-state index contributed by atoms with van der Waals surface area (Å²) >= 11 is 0. The summed E-state index contributed by atoms with van der Waals surface area (Å²) < 4.78 is 27.5. The molecular weight excluding hydrogens is 456 g/mol. The van der Waals surface area contributed by atoms with E-state index in [1.54, 1.807) is 41.7 Å². The van der Waals surface area contributed by atoms with Crippen LogP contribution in [0.25, 0.3) is 11.4 Å². The number of carbonyl (C=O) groups excluding carboxylic acids is 1. The van der Waals surface area contributed by atoms with E-state index >= 15 is 0 Å². The summed E-state index contributed by atoms with van der Waals surface area (Å²) in [5, 5.41) is 16.3. The number of hydrogen-bond acceptors (Lipinski definition) is 6. The first-order chi connectivity index (χ1) is 16.1. The van der Waals surface area contributed by atoms with Gasteiger partial charge in [-0.15, -0.1) is 0 Å². The predicted molar refractivity (Wildman–Crippen MR) is 130 cm³/mol. The molecule has 0 aliphatic rings. The maximum absolute atomic E-state index is 12.7. The molecule has 3 aromatic rings. The van der Waals surface area contributed by atoms with Crippen molar-refractivity contribution in [2.75, 3.05) is 19.4 Å². The molecule has 0 radical (unpaired) electrons. The van der Waals surface area contributed by atoms with Gasteiger partial charge in [0.1, 0.15) is 5.69 Å². The fourth-order valence-electron chi connectivity index (χ4n) is 3.12. The molecule has 34 heavy (non-hydrogen) atoms. The Hall–Kier alpha value is -3.93. The van der Waals surface area contributed by atoms with Crippen LogP contribution in [0.1, 0.15) is 12.6 Å². The van der Waals surface area contributed by atoms with Crippen LogP contribution >= 0.6 is 0 Å². The van der Waals surface area contributed by atoms with Crippen molar-refractivity contribution in [2.24, 2.45) is 0 Å². The van der Waals surface area contributed by atoms with E-state index < -0.39 is 10.0 Å². The van der Waals surface area contributed by atoms with Crippen molar-refractivity contribution >= 4 is 39.2 Å². The van der Waals surface area contributed by atoms with Gasteiger partial charge in [-0.1, -0.05) is 12.1 Å². The van der Waals surface area contributed by atoms with Crippen LogP contribution in [0.3, 0.4) is 0 Å². The van der Waals surface area contributed by atoms with E-state index in [0.717, 1.165) is 10.5 Å². The zero-order valence-corrected chi connectivity index (χ0v) is 19.7. The number of nitrogens with zero attached hydrogens (tertiary/aromatic N) is 3. The Bertz CT molecular complexity index is 1430. The van der Waals surface area contributed by atoms with Gasteiger partial charge < -0.3 is 10.7 Å². The summed E-state index contributed by atoms with van der Waals surface area (Å²) in [6.45, 7) is 1.41. The van der Waals surface area contributed by atoms with Gasteiger partial charge in [-0.05, 0) is 30.3 Å². The second kappa shape index (κ2) is 10.3. The third-order valence-electron chi connectivity index (χ3n) is 4.73. The van der Waals surface area contributed by atoms with E-state index in [1.165, 1.54) is 56.2 Å². The minimum absolute atomic E-state index is 0.0804. The van der Waals surface area contributed by atoms with Crippen LogP contribution in [-0.4, -0.2) is 48.7 Å². The number of hydrogen-bond donors (Lipinski definition) is 3. The minimum Gasteiger partial charge on any atom is -0.326 e. The molecule has 176 valence electrons. The largest absolute Gasteiger partial charge is 0.326 e. The van der Waals surface area contributed by atoms with Gasteiger partial charge in [-0.2, -0.15) is 5.10 Å². The number of anilines is 1. The lowest BCUT2D eigenvalue weighted by atomic mass is 10.2. The van der Waals surface area contributed by atoms with Gasteiger partial charge >= 0.3 is 0 Å². The van der Waals surface area contributed by atoms with Crippen LogP contribution in [-0.2, 0) is 14.8 Å². The molecule has 0 spiro atoms. The molecule has 0 fully saturated rings. The summed E-state index contributed by atoms with van der Waals surface area (Å²) in [5.74, 6) is -0.210. The minimum atomic E-state index is -3.65. The van der Waals surface area contributed by atoms with Gasteiger partial charge in [0.05, 0.1) is 10.6 Å². The maximum atomic E-state index is 12.7. The summed E-state index contributed by atoms with van der Waals surface area (Å²) in [6.07, 6.45) is 3.94. The second-order valence-electron chi connectivity index (χ2n) is 7.50. The van der Waals surface area contributed by atoms with Gasteiger partial charge in [-0.3, -0.25) is 14.9 Å². The SMILES string of the molecule is CC(=O)Nc1cccc([NH2+]/C(=C\C=N)c2nn(-c3cccc(S(=O)(=O)N(C)C)c3)ccc2=O)c1. The quantitative estimate of drug-likeness (QED) is 0.329. The molecule has 1 heterocycles. The molecule has 0 aliphatic carbocycles. The highest BCUT2D eigenvalue weighted by atomic mass is 32.2. The highest BCUT2D eigenvalue weighted by molar-refractivity contribution is 7.89. The number of nitrogens with one attached hydrogen (secondary N) is 2. The molecule has 0 aliphatic heterocycles. The van der Waals surface area contributed by atoms with Crippen LogP contribution in [0.15, 0.2) is 76.6 Å². The number of sulfonamides is 1. The molecule has 1 amide bonds. The van der Waals surface area contributed by atoms with Gasteiger partial charge in [0.2, 0.25) is 21.4 Å². The average molecular weight is 482 g/mol. The van der Waals surface area contributed by atoms with E-state index in [0.29, 0.717) is 22.8 Å². The molecule has 1 aromatic heterocycles. The molecule has 2 aromatic carbocycles. The molecular formula is C23H25N6O4S+. The normalized spacial score (nSPS) is 11.9. The maximum Gasteiger partial charge on any atom is 0.242 e. The zero-order valence-electron chi connectivity index (χ0n) is 18.9. The van der Waals surface area contributed by atoms with Crippen molar-refractivity contribution in [3.05, 3.63) is 82.8 Å². The van der Waals surface area contributed by atoms with Crippen molar-refractivity contribution < 1.29 is 18.5 Å². The second-order valence-corrected chi connectivity index (χ2v) is 9.65. The summed E-state index contributed by atoms with van der Waals surface area (Å²) in [6, 6.07) is 14.6. The van der Waals surface area contributed by atoms with Gasteiger partial charge in [-0.25, -0.2) is 17.4 Å². The standard InChI is InChI=1S/C23H24N6O4S/c1-16(30)25-17-6-4-7-18(14-17)26-21(10-12-24)23-22(31)11-13-29(27-23)19-8-5-9-20(15-19)34(32,33)28(2)3/h4-15,24,26H,1-3H3,(H,25,30)/p+1/b21-10-,24-12?. The Morgan fingerprint density at radius 2 is 1.88 bits per heavy atom. The molecule has 0 atom stereocenters. The Labute approximate surface area is 197 Å². The average Bonchev–Trinajstić information content (AvgIpc) is 2.79. The first-order valence-corrected chi connectivity index (χ1v) is 11.6. The first-order valence-electron chi connectivity index (χ1n) is 10.2. The molecule has 0 unspecified atom stereocenters. The summed E-state index contributed by atoms with van der Waals surface area (Å²) in [4.78, 5) is 24.1. The lowest BCUT2D eigenvalue weighted by molar-refractivity contribution is -0.469. The Morgan fingerprint density at radius 1 is 1.15 bits per heavy atom. The summed E-state index contributed by atoms with van der Waals surface area (Å²) in [7, 11) is -0.756. The van der Waals surface area contributed by atoms with Crippen LogP contribution < -0.4 is 16.1 Å². The van der Waals surface area contributed by atoms with E-state index in [-0.39, 0.29) is 21.9 Å². The smallest absolute Gasteiger partial charge is 0.242 e. The number of amides is 1. The van der Waals surface area contributed by atoms with Crippen LogP contribution in [0.2, 0.25) is 0 Å². The van der Waals surface area contributed by atoms with Crippen molar-refractivity contribution in [3.8, 4) is 5.69 Å². The lowest BCUT2D eigenvalue weighted by Crippen LogP contribution is -2.75. The molecule has 4 N–H and O–H groups in total. The van der Waals surface area contributed by atoms with Crippen molar-refractivity contribution in [2.45, 2.75) is 11.8 Å². The molecule has 0 saturated heterocycles. The van der Waals surface area contributed by atoms with Crippen molar-refractivity contribution in [1.29, 1.82) is 5.41 Å². The van der Waals surface area contributed by atoms with Crippen molar-refractivity contribution in [1.82, 2.24) is 14.1 Å². The predicted octanol–water partition coefficient (Wildman–Crippen LogP) is 1.33. The lowest BCUT2D eigenvalue weighted by Gasteiger charge is -2.13. The highest BCUT2D eigenvalue weighted by Gasteiger charge is 2.19. The van der Waals surface area contributed by atoms with Crippen molar-refractivity contribution in [3.63, 3.8) is 0 Å². The third kappa shape index (κ3) is 5.70. The number of carbonyl (C=O) groups is 1. The summed E-state index contributed by atoms with van der Waals surface area (Å²) in [5.41, 5.74) is 1.83. The Kier molecular flexibility index (Phi) is 7.51. The highest BCUT2D eigenvalue weighted by Crippen LogP contribution is 2.17. The zero-order chi connectivity index (χ0) is 24.9. The number of allylic oxidation sites excluding steroid dienone is 1. The number of benzene rings is 2. The molecule has 10 nitrogen and oxygen atoms in total. The fraction of sp³-hybridized carbons (Fsp3) is 0.130.